The van der Waals surface area contributed by atoms with Crippen molar-refractivity contribution in [3.63, 3.8) is 0 Å². The first kappa shape index (κ1) is 35.8. The number of rotatable bonds is 21. The Hall–Kier alpha value is -4.37. The normalized spacial score (nSPS) is 10.8. The van der Waals surface area contributed by atoms with Gasteiger partial charge >= 0.3 is 17.9 Å². The molecule has 2 rings (SSSR count). The van der Waals surface area contributed by atoms with Gasteiger partial charge in [0.2, 0.25) is 0 Å². The summed E-state index contributed by atoms with van der Waals surface area (Å²) in [7, 11) is 1.87. The van der Waals surface area contributed by atoms with Crippen LogP contribution in [0.25, 0.3) is 17.0 Å². The molecule has 2 aromatic carbocycles. The highest BCUT2D eigenvalue weighted by Crippen LogP contribution is 2.26. The molecule has 0 bridgehead atoms. The molecule has 0 aliphatic carbocycles. The molecule has 11 nitrogen and oxygen atoms in total. The second kappa shape index (κ2) is 21.3. The molecular weight excluding hydrogens is 562 g/mol. The molecule has 3 N–H and O–H groups in total. The van der Waals surface area contributed by atoms with Gasteiger partial charge in [0.25, 0.3) is 13.1 Å². The number of nitrogens with zero attached hydrogens (tertiary/aromatic N) is 2. The van der Waals surface area contributed by atoms with E-state index in [1.165, 1.54) is 6.07 Å². The van der Waals surface area contributed by atoms with Gasteiger partial charge in [-0.2, -0.15) is 0 Å². The number of hydrogen-bond donors (Lipinski definition) is 3. The van der Waals surface area contributed by atoms with E-state index in [4.69, 9.17) is 20.8 Å². The van der Waals surface area contributed by atoms with Crippen molar-refractivity contribution in [3.8, 4) is 23.8 Å². The molecule has 0 spiro atoms. The SMILES string of the molecule is C#[N+]CCNCCC(=O)Oc1cc(/C=C/c2ccc(OC(=O)CCNCCC)cc2)cc(OC(=O)CCNCC[N+](=C)C)c1. The maximum atomic E-state index is 12.5. The lowest BCUT2D eigenvalue weighted by atomic mass is 10.1. The summed E-state index contributed by atoms with van der Waals surface area (Å²) in [6.45, 7) is 15.7. The van der Waals surface area contributed by atoms with Crippen molar-refractivity contribution < 1.29 is 33.2 Å². The molecule has 0 aliphatic heterocycles. The van der Waals surface area contributed by atoms with E-state index in [2.05, 4.69) is 34.4 Å². The van der Waals surface area contributed by atoms with Gasteiger partial charge in [0, 0.05) is 25.7 Å². The van der Waals surface area contributed by atoms with Crippen LogP contribution in [0.3, 0.4) is 0 Å². The van der Waals surface area contributed by atoms with E-state index in [0.29, 0.717) is 57.0 Å². The number of benzene rings is 2. The van der Waals surface area contributed by atoms with Gasteiger partial charge in [-0.1, -0.05) is 36.1 Å². The minimum Gasteiger partial charge on any atom is -0.426 e. The quantitative estimate of drug-likeness (QED) is 0.0490. The average Bonchev–Trinajstić information content (AvgIpc) is 2.98. The van der Waals surface area contributed by atoms with Gasteiger partial charge in [0.15, 0.2) is 6.54 Å². The predicted molar refractivity (Wildman–Crippen MR) is 173 cm³/mol. The number of hydrogen-bond acceptors (Lipinski definition) is 9. The molecular formula is C33H45N5O6+2. The molecule has 0 saturated carbocycles. The molecule has 0 atom stereocenters. The van der Waals surface area contributed by atoms with Crippen molar-refractivity contribution in [3.05, 3.63) is 58.4 Å². The minimum absolute atomic E-state index is 0.139. The first-order chi connectivity index (χ1) is 21.3. The number of carbonyl (C=O) groups is 3. The summed E-state index contributed by atoms with van der Waals surface area (Å²) < 4.78 is 18.3. The van der Waals surface area contributed by atoms with Crippen LogP contribution < -0.4 is 30.2 Å². The molecule has 11 heteroatoms. The maximum absolute atomic E-state index is 12.5. The molecule has 0 unspecified atom stereocenters. The standard InChI is InChI=1S/C33H45N5O6/c1-5-15-35-16-12-31(39)42-28-10-8-26(9-11-28)6-7-27-23-29(43-32(40)13-17-36-20-19-34-2)25-30(24-27)44-33(41)14-18-37-21-22-38(3)4/h2,6-11,23-25,35-37H,3,5,12-22H2,1,4H3/q+2/b7-6+. The van der Waals surface area contributed by atoms with E-state index in [9.17, 15) is 14.4 Å². The number of esters is 3. The Labute approximate surface area is 260 Å². The largest absolute Gasteiger partial charge is 0.426 e. The molecule has 0 aromatic heterocycles. The summed E-state index contributed by atoms with van der Waals surface area (Å²) in [5, 5.41) is 9.40. The molecule has 0 heterocycles. The highest BCUT2D eigenvalue weighted by atomic mass is 16.5. The van der Waals surface area contributed by atoms with Crippen molar-refractivity contribution in [2.75, 3.05) is 59.4 Å². The fourth-order valence-corrected chi connectivity index (χ4v) is 3.73. The molecule has 0 saturated heterocycles. The zero-order chi connectivity index (χ0) is 32.0. The Morgan fingerprint density at radius 3 is 1.77 bits per heavy atom. The van der Waals surface area contributed by atoms with Gasteiger partial charge in [-0.25, -0.2) is 4.58 Å². The van der Waals surface area contributed by atoms with Crippen LogP contribution in [0.5, 0.6) is 17.2 Å². The van der Waals surface area contributed by atoms with E-state index >= 15 is 0 Å². The summed E-state index contributed by atoms with van der Waals surface area (Å²) in [6.07, 6.45) is 5.27. The molecule has 0 amide bonds. The Balaban J connectivity index is 2.05. The topological polar surface area (TPSA) is 122 Å². The minimum atomic E-state index is -0.438. The van der Waals surface area contributed by atoms with Crippen LogP contribution in [-0.2, 0) is 14.4 Å². The van der Waals surface area contributed by atoms with Crippen molar-refractivity contribution >= 4 is 36.8 Å². The Morgan fingerprint density at radius 2 is 1.25 bits per heavy atom. The predicted octanol–water partition coefficient (Wildman–Crippen LogP) is 3.23. The molecule has 0 aliphatic rings. The lowest BCUT2D eigenvalue weighted by Crippen LogP contribution is -2.26. The van der Waals surface area contributed by atoms with E-state index in [1.807, 2.05) is 31.3 Å². The van der Waals surface area contributed by atoms with Crippen LogP contribution in [0.1, 0.15) is 43.7 Å². The van der Waals surface area contributed by atoms with Crippen LogP contribution in [0, 0.1) is 6.57 Å². The fourth-order valence-electron chi connectivity index (χ4n) is 3.73. The zero-order valence-corrected chi connectivity index (χ0v) is 25.8. The van der Waals surface area contributed by atoms with E-state index in [-0.39, 0.29) is 30.3 Å². The molecule has 0 fully saturated rings. The Bertz CT molecular complexity index is 1290. The van der Waals surface area contributed by atoms with E-state index in [1.54, 1.807) is 28.8 Å². The van der Waals surface area contributed by atoms with Crippen molar-refractivity contribution in [1.82, 2.24) is 16.0 Å². The Morgan fingerprint density at radius 1 is 0.750 bits per heavy atom. The summed E-state index contributed by atoms with van der Waals surface area (Å²) in [5.74, 6) is -0.175. The summed E-state index contributed by atoms with van der Waals surface area (Å²) >= 11 is 0. The van der Waals surface area contributed by atoms with Gasteiger partial charge in [-0.05, 0) is 48.4 Å². The van der Waals surface area contributed by atoms with Gasteiger partial charge in [-0.15, -0.1) is 0 Å². The average molecular weight is 608 g/mol. The molecule has 0 radical (unpaired) electrons. The second-order valence-corrected chi connectivity index (χ2v) is 10.0. The van der Waals surface area contributed by atoms with Gasteiger partial charge in [0.1, 0.15) is 31.0 Å². The van der Waals surface area contributed by atoms with Gasteiger partial charge in [-0.3, -0.25) is 14.4 Å². The van der Waals surface area contributed by atoms with Gasteiger partial charge in [0.05, 0.1) is 32.4 Å². The van der Waals surface area contributed by atoms with Crippen LogP contribution in [0.4, 0.5) is 0 Å². The maximum Gasteiger partial charge on any atom is 0.312 e. The lowest BCUT2D eigenvalue weighted by molar-refractivity contribution is -0.486. The third kappa shape index (κ3) is 16.3. The van der Waals surface area contributed by atoms with Crippen molar-refractivity contribution in [1.29, 1.82) is 0 Å². The summed E-state index contributed by atoms with van der Waals surface area (Å²) in [6, 6.07) is 12.0. The number of likely N-dealkylation sites (N-methyl/N-ethyl adjacent to an activating group) is 1. The first-order valence-electron chi connectivity index (χ1n) is 14.8. The third-order valence-corrected chi connectivity index (χ3v) is 5.98. The smallest absolute Gasteiger partial charge is 0.312 e. The molecule has 236 valence electrons. The molecule has 44 heavy (non-hydrogen) atoms. The van der Waals surface area contributed by atoms with Crippen molar-refractivity contribution in [2.45, 2.75) is 32.6 Å². The monoisotopic (exact) mass is 607 g/mol. The highest BCUT2D eigenvalue weighted by Gasteiger charge is 2.11. The van der Waals surface area contributed by atoms with Crippen LogP contribution >= 0.6 is 0 Å². The van der Waals surface area contributed by atoms with E-state index < -0.39 is 11.9 Å². The zero-order valence-electron chi connectivity index (χ0n) is 25.8. The number of nitrogens with one attached hydrogen (secondary N) is 3. The lowest BCUT2D eigenvalue weighted by Gasteiger charge is -2.10. The summed E-state index contributed by atoms with van der Waals surface area (Å²) in [5.41, 5.74) is 1.51. The summed E-state index contributed by atoms with van der Waals surface area (Å²) in [4.78, 5) is 40.4. The third-order valence-electron chi connectivity index (χ3n) is 5.98. The first-order valence-corrected chi connectivity index (χ1v) is 14.8. The number of ether oxygens (including phenoxy) is 3. The fraction of sp³-hybridized carbons (Fsp3) is 0.424. The highest BCUT2D eigenvalue weighted by molar-refractivity contribution is 5.77. The van der Waals surface area contributed by atoms with Gasteiger partial charge < -0.3 is 30.2 Å². The Kier molecular flexibility index (Phi) is 17.4. The van der Waals surface area contributed by atoms with Crippen molar-refractivity contribution in [2.24, 2.45) is 0 Å². The number of carbonyl (C=O) groups excluding carboxylic acids is 3. The van der Waals surface area contributed by atoms with E-state index in [0.717, 1.165) is 25.1 Å². The van der Waals surface area contributed by atoms with Crippen LogP contribution in [-0.4, -0.2) is 88.6 Å². The second-order valence-electron chi connectivity index (χ2n) is 10.0. The molecule has 2 aromatic rings. The van der Waals surface area contributed by atoms with Crippen LogP contribution in [0.2, 0.25) is 0 Å². The van der Waals surface area contributed by atoms with Crippen LogP contribution in [0.15, 0.2) is 42.5 Å².